The second kappa shape index (κ2) is 16.6. The fraction of sp³-hybridized carbons (Fsp3) is 0. The van der Waals surface area contributed by atoms with Crippen LogP contribution >= 0.6 is 11.3 Å². The Kier molecular flexibility index (Phi) is 9.66. The maximum Gasteiger partial charge on any atom is 0.164 e. The van der Waals surface area contributed by atoms with E-state index in [1.54, 1.807) is 0 Å². The molecule has 0 amide bonds. The lowest BCUT2D eigenvalue weighted by Gasteiger charge is -2.17. The van der Waals surface area contributed by atoms with Crippen molar-refractivity contribution >= 4 is 53.3 Å². The summed E-state index contributed by atoms with van der Waals surface area (Å²) in [6.45, 7) is 0. The number of nitrogens with zero attached hydrogens (tertiary/aromatic N) is 4. The molecule has 0 bridgehead atoms. The highest BCUT2D eigenvalue weighted by Crippen LogP contribution is 2.48. The maximum absolute atomic E-state index is 5.38. The standard InChI is InChI=1S/C63H40N4S/c1-6-19-41(20-7-1)45-33-35-48(42-21-8-2-9-22-42)54(39-45)46-34-36-49(55(40-46)63-65-61(43-23-10-3-11-24-43)64-62(66-63)44-25-12-4-13-26-44)51-30-18-32-57-58(51)53-38-37-52-50-29-16-17-31-56(50)67(59(52)60(53)68-57)47-27-14-5-15-28-47/h1-40H. The van der Waals surface area contributed by atoms with Gasteiger partial charge in [0.05, 0.1) is 15.7 Å². The van der Waals surface area contributed by atoms with E-state index in [0.29, 0.717) is 17.5 Å². The summed E-state index contributed by atoms with van der Waals surface area (Å²) >= 11 is 1.86. The van der Waals surface area contributed by atoms with Crippen LogP contribution in [0.4, 0.5) is 0 Å². The van der Waals surface area contributed by atoms with Crippen molar-refractivity contribution in [2.24, 2.45) is 0 Å². The average molecular weight is 885 g/mol. The molecule has 0 aliphatic rings. The lowest BCUT2D eigenvalue weighted by Crippen LogP contribution is -2.01. The summed E-state index contributed by atoms with van der Waals surface area (Å²) in [5.41, 5.74) is 15.3. The molecule has 13 aromatic rings. The third kappa shape index (κ3) is 6.79. The summed E-state index contributed by atoms with van der Waals surface area (Å²) < 4.78 is 4.92. The Morgan fingerprint density at radius 1 is 0.309 bits per heavy atom. The van der Waals surface area contributed by atoms with Crippen molar-refractivity contribution in [1.82, 2.24) is 19.5 Å². The Labute approximate surface area is 397 Å². The Bertz CT molecular complexity index is 3940. The van der Waals surface area contributed by atoms with E-state index in [-0.39, 0.29) is 0 Å². The smallest absolute Gasteiger partial charge is 0.164 e. The first-order chi connectivity index (χ1) is 33.7. The van der Waals surface area contributed by atoms with Gasteiger partial charge < -0.3 is 4.57 Å². The Morgan fingerprint density at radius 2 is 0.853 bits per heavy atom. The minimum atomic E-state index is 0.609. The lowest BCUT2D eigenvalue weighted by atomic mass is 9.88. The molecule has 3 heterocycles. The van der Waals surface area contributed by atoms with Crippen molar-refractivity contribution in [3.05, 3.63) is 243 Å². The van der Waals surface area contributed by atoms with E-state index in [1.165, 1.54) is 47.5 Å². The van der Waals surface area contributed by atoms with Gasteiger partial charge in [0, 0.05) is 48.6 Å². The highest BCUT2D eigenvalue weighted by Gasteiger charge is 2.23. The Balaban J connectivity index is 1.11. The maximum atomic E-state index is 5.38. The van der Waals surface area contributed by atoms with Crippen LogP contribution in [-0.4, -0.2) is 19.5 Å². The van der Waals surface area contributed by atoms with Crippen LogP contribution in [0, 0.1) is 0 Å². The molecule has 4 nitrogen and oxygen atoms in total. The predicted octanol–water partition coefficient (Wildman–Crippen LogP) is 17.0. The topological polar surface area (TPSA) is 43.6 Å². The number of thiophene rings is 1. The Morgan fingerprint density at radius 3 is 1.54 bits per heavy atom. The first-order valence-electron chi connectivity index (χ1n) is 22.9. The number of rotatable bonds is 8. The highest BCUT2D eigenvalue weighted by atomic mass is 32.1. The molecule has 0 saturated heterocycles. The molecular formula is C63H40N4S. The molecule has 3 aromatic heterocycles. The molecule has 0 atom stereocenters. The van der Waals surface area contributed by atoms with Gasteiger partial charge in [-0.2, -0.15) is 0 Å². The molecule has 10 aromatic carbocycles. The zero-order valence-corrected chi connectivity index (χ0v) is 37.6. The van der Waals surface area contributed by atoms with Crippen molar-refractivity contribution in [2.75, 3.05) is 0 Å². The minimum absolute atomic E-state index is 0.609. The molecule has 68 heavy (non-hydrogen) atoms. The van der Waals surface area contributed by atoms with Crippen molar-refractivity contribution in [2.45, 2.75) is 0 Å². The Hall–Kier alpha value is -8.77. The van der Waals surface area contributed by atoms with Crippen LogP contribution in [0.1, 0.15) is 0 Å². The van der Waals surface area contributed by atoms with E-state index in [9.17, 15) is 0 Å². The fourth-order valence-corrected chi connectivity index (χ4v) is 11.2. The zero-order valence-electron chi connectivity index (χ0n) is 36.8. The molecule has 0 fully saturated rings. The molecule has 0 spiro atoms. The van der Waals surface area contributed by atoms with Gasteiger partial charge in [0.1, 0.15) is 0 Å². The van der Waals surface area contributed by atoms with Crippen LogP contribution in [0.2, 0.25) is 0 Å². The largest absolute Gasteiger partial charge is 0.308 e. The van der Waals surface area contributed by atoms with Crippen LogP contribution in [0.3, 0.4) is 0 Å². The van der Waals surface area contributed by atoms with Gasteiger partial charge in [-0.3, -0.25) is 0 Å². The van der Waals surface area contributed by atoms with E-state index < -0.39 is 0 Å². The second-order valence-electron chi connectivity index (χ2n) is 17.1. The monoisotopic (exact) mass is 884 g/mol. The molecule has 13 rings (SSSR count). The van der Waals surface area contributed by atoms with Crippen molar-refractivity contribution in [1.29, 1.82) is 0 Å². The molecular weight excluding hydrogens is 845 g/mol. The van der Waals surface area contributed by atoms with Gasteiger partial charge >= 0.3 is 0 Å². The number of para-hydroxylation sites is 2. The summed E-state index contributed by atoms with van der Waals surface area (Å²) in [6, 6.07) is 86.4. The second-order valence-corrected chi connectivity index (χ2v) is 18.2. The van der Waals surface area contributed by atoms with Crippen molar-refractivity contribution in [3.63, 3.8) is 0 Å². The fourth-order valence-electron chi connectivity index (χ4n) is 9.92. The van der Waals surface area contributed by atoms with E-state index in [4.69, 9.17) is 15.0 Å². The first kappa shape index (κ1) is 39.6. The molecule has 318 valence electrons. The van der Waals surface area contributed by atoms with Gasteiger partial charge in [-0.25, -0.2) is 15.0 Å². The molecule has 0 N–H and O–H groups in total. The van der Waals surface area contributed by atoms with Gasteiger partial charge in [-0.15, -0.1) is 11.3 Å². The summed E-state index contributed by atoms with van der Waals surface area (Å²) in [5.74, 6) is 1.85. The van der Waals surface area contributed by atoms with Gasteiger partial charge in [0.15, 0.2) is 17.5 Å². The third-order valence-electron chi connectivity index (χ3n) is 13.1. The molecule has 0 saturated carbocycles. The number of benzene rings is 10. The van der Waals surface area contributed by atoms with E-state index in [0.717, 1.165) is 61.3 Å². The molecule has 0 aliphatic heterocycles. The zero-order chi connectivity index (χ0) is 45.0. The molecule has 5 heteroatoms. The normalized spacial score (nSPS) is 11.5. The number of aromatic nitrogens is 4. The van der Waals surface area contributed by atoms with Crippen LogP contribution in [0.15, 0.2) is 243 Å². The number of hydrogen-bond donors (Lipinski definition) is 0. The SMILES string of the molecule is c1ccc(-c2ccc(-c3ccccc3)c(-c3ccc(-c4cccc5sc6c(ccc7c8ccccc8n(-c8ccccc8)c76)c45)c(-c4nc(-c5ccccc5)nc(-c5ccccc5)n4)c3)c2)cc1. The third-order valence-corrected chi connectivity index (χ3v) is 14.3. The van der Waals surface area contributed by atoms with Crippen molar-refractivity contribution in [3.8, 4) is 84.4 Å². The van der Waals surface area contributed by atoms with E-state index >= 15 is 0 Å². The highest BCUT2D eigenvalue weighted by molar-refractivity contribution is 7.26. The average Bonchev–Trinajstić information content (AvgIpc) is 3.98. The van der Waals surface area contributed by atoms with Gasteiger partial charge in [-0.05, 0) is 80.9 Å². The summed E-state index contributed by atoms with van der Waals surface area (Å²) in [4.78, 5) is 15.9. The quantitative estimate of drug-likeness (QED) is 0.153. The summed E-state index contributed by atoms with van der Waals surface area (Å²) in [6.07, 6.45) is 0. The first-order valence-corrected chi connectivity index (χ1v) is 23.7. The molecule has 0 unspecified atom stereocenters. The van der Waals surface area contributed by atoms with Crippen molar-refractivity contribution < 1.29 is 0 Å². The van der Waals surface area contributed by atoms with Crippen LogP contribution in [0.5, 0.6) is 0 Å². The van der Waals surface area contributed by atoms with Gasteiger partial charge in [-0.1, -0.05) is 206 Å². The van der Waals surface area contributed by atoms with E-state index in [1.807, 2.05) is 47.7 Å². The number of fused-ring (bicyclic) bond motifs is 7. The van der Waals surface area contributed by atoms with E-state index in [2.05, 4.69) is 211 Å². The van der Waals surface area contributed by atoms with Crippen LogP contribution < -0.4 is 0 Å². The van der Waals surface area contributed by atoms with Crippen LogP contribution in [0.25, 0.3) is 126 Å². The molecule has 0 aliphatic carbocycles. The number of hydrogen-bond acceptors (Lipinski definition) is 4. The summed E-state index contributed by atoms with van der Waals surface area (Å²) in [5, 5.41) is 4.92. The lowest BCUT2D eigenvalue weighted by molar-refractivity contribution is 1.07. The summed E-state index contributed by atoms with van der Waals surface area (Å²) in [7, 11) is 0. The minimum Gasteiger partial charge on any atom is -0.308 e. The van der Waals surface area contributed by atoms with Gasteiger partial charge in [0.2, 0.25) is 0 Å². The predicted molar refractivity (Wildman–Crippen MR) is 285 cm³/mol. The van der Waals surface area contributed by atoms with Gasteiger partial charge in [0.25, 0.3) is 0 Å². The van der Waals surface area contributed by atoms with Crippen LogP contribution in [-0.2, 0) is 0 Å². The molecule has 0 radical (unpaired) electrons.